The molecule has 3 aromatic rings. The summed E-state index contributed by atoms with van der Waals surface area (Å²) in [6.45, 7) is 1.97. The third kappa shape index (κ3) is 6.84. The van der Waals surface area contributed by atoms with E-state index < -0.39 is 5.50 Å². The number of ether oxygens (including phenoxy) is 1. The minimum Gasteiger partial charge on any atom is -0.365 e. The van der Waals surface area contributed by atoms with Crippen molar-refractivity contribution in [3.05, 3.63) is 117 Å². The van der Waals surface area contributed by atoms with Crippen molar-refractivity contribution < 1.29 is 4.74 Å². The molecule has 0 N–H and O–H groups in total. The summed E-state index contributed by atoms with van der Waals surface area (Å²) in [5.41, 5.74) is 2.75. The number of nitrogens with zero attached hydrogens (tertiary/aromatic N) is 2. The monoisotopic (exact) mass is 534 g/mol. The van der Waals surface area contributed by atoms with Gasteiger partial charge < -0.3 is 14.5 Å². The van der Waals surface area contributed by atoms with Gasteiger partial charge >= 0.3 is 0 Å². The van der Waals surface area contributed by atoms with Crippen LogP contribution in [0.15, 0.2) is 85.2 Å². The quantitative estimate of drug-likeness (QED) is 0.192. The predicted molar refractivity (Wildman–Crippen MR) is 142 cm³/mol. The molecule has 1 aliphatic rings. The zero-order chi connectivity index (χ0) is 23.9. The van der Waals surface area contributed by atoms with Gasteiger partial charge in [-0.05, 0) is 53.8 Å². The summed E-state index contributed by atoms with van der Waals surface area (Å²) in [4.78, 5) is 4.36. The van der Waals surface area contributed by atoms with Gasteiger partial charge in [-0.3, -0.25) is 0 Å². The summed E-state index contributed by atoms with van der Waals surface area (Å²) in [5.74, 6) is 0. The van der Waals surface area contributed by atoms with Crippen molar-refractivity contribution in [2.75, 3.05) is 13.2 Å². The van der Waals surface area contributed by atoms with Crippen LogP contribution in [-0.4, -0.2) is 28.5 Å². The summed E-state index contributed by atoms with van der Waals surface area (Å²) < 4.78 is 6.33. The van der Waals surface area contributed by atoms with E-state index in [1.54, 1.807) is 12.1 Å². The minimum atomic E-state index is -0.414. The molecule has 2 atom stereocenters. The third-order valence-electron chi connectivity index (χ3n) is 5.77. The van der Waals surface area contributed by atoms with E-state index in [4.69, 9.17) is 51.1 Å². The Labute approximate surface area is 221 Å². The zero-order valence-corrected chi connectivity index (χ0v) is 21.6. The fourth-order valence-electron chi connectivity index (χ4n) is 3.90. The fraction of sp³-hybridized carbons (Fsp3) is 0.259. The Hall–Kier alpha value is -1.88. The molecule has 34 heavy (non-hydrogen) atoms. The Morgan fingerprint density at radius 3 is 2.32 bits per heavy atom. The highest BCUT2D eigenvalue weighted by Gasteiger charge is 2.29. The van der Waals surface area contributed by atoms with Crippen LogP contribution in [-0.2, 0) is 17.8 Å². The molecular formula is C27H26Cl4N2O. The van der Waals surface area contributed by atoms with Crippen LogP contribution in [0.25, 0.3) is 0 Å². The number of benzene rings is 3. The van der Waals surface area contributed by atoms with Crippen molar-refractivity contribution in [1.29, 1.82) is 0 Å². The highest BCUT2D eigenvalue weighted by molar-refractivity contribution is 6.35. The van der Waals surface area contributed by atoms with E-state index in [1.807, 2.05) is 42.6 Å². The molecule has 0 bridgehead atoms. The molecule has 3 nitrogen and oxygen atoms in total. The number of aryl methyl sites for hydroxylation is 1. The molecule has 0 aromatic heterocycles. The van der Waals surface area contributed by atoms with Crippen molar-refractivity contribution in [1.82, 2.24) is 9.80 Å². The lowest BCUT2D eigenvalue weighted by Gasteiger charge is -2.31. The molecule has 0 fully saturated rings. The topological polar surface area (TPSA) is 15.7 Å². The molecule has 2 unspecified atom stereocenters. The van der Waals surface area contributed by atoms with Crippen LogP contribution in [0.1, 0.15) is 29.2 Å². The smallest absolute Gasteiger partial charge is 0.135 e. The first-order valence-corrected chi connectivity index (χ1v) is 12.7. The van der Waals surface area contributed by atoms with Gasteiger partial charge in [0.05, 0.1) is 13.3 Å². The average molecular weight is 536 g/mol. The molecule has 0 radical (unpaired) electrons. The van der Waals surface area contributed by atoms with E-state index >= 15 is 0 Å². The van der Waals surface area contributed by atoms with Gasteiger partial charge in [0.2, 0.25) is 0 Å². The molecule has 0 saturated heterocycles. The minimum absolute atomic E-state index is 0.310. The van der Waals surface area contributed by atoms with Crippen LogP contribution in [0, 0.1) is 0 Å². The molecule has 7 heteroatoms. The normalized spacial score (nSPS) is 15.1. The van der Waals surface area contributed by atoms with Crippen LogP contribution in [0.4, 0.5) is 0 Å². The second-order valence-electron chi connectivity index (χ2n) is 8.25. The Morgan fingerprint density at radius 1 is 0.853 bits per heavy atom. The maximum absolute atomic E-state index is 6.99. The van der Waals surface area contributed by atoms with Crippen molar-refractivity contribution in [3.8, 4) is 0 Å². The molecule has 0 spiro atoms. The summed E-state index contributed by atoms with van der Waals surface area (Å²) in [6, 6.07) is 23.5. The van der Waals surface area contributed by atoms with Gasteiger partial charge in [0.15, 0.2) is 0 Å². The van der Waals surface area contributed by atoms with Crippen molar-refractivity contribution in [2.24, 2.45) is 0 Å². The van der Waals surface area contributed by atoms with Gasteiger partial charge in [-0.25, -0.2) is 0 Å². The lowest BCUT2D eigenvalue weighted by Crippen LogP contribution is -2.36. The summed E-state index contributed by atoms with van der Waals surface area (Å²) in [7, 11) is 0. The van der Waals surface area contributed by atoms with Crippen molar-refractivity contribution in [2.45, 2.75) is 31.1 Å². The largest absolute Gasteiger partial charge is 0.365 e. The van der Waals surface area contributed by atoms with Gasteiger partial charge in [-0.2, -0.15) is 0 Å². The van der Waals surface area contributed by atoms with E-state index in [2.05, 4.69) is 40.3 Å². The number of hydrogen-bond acceptors (Lipinski definition) is 3. The zero-order valence-electron chi connectivity index (χ0n) is 18.6. The van der Waals surface area contributed by atoms with Crippen LogP contribution >= 0.6 is 46.4 Å². The molecular weight excluding hydrogens is 510 g/mol. The second kappa shape index (κ2) is 12.2. The number of rotatable bonds is 10. The standard InChI is InChI=1S/C27H26Cl4N2O/c28-23-11-8-21(9-12-23)26(34-18-22-10-13-24(29)17-25(22)30)27(31)33-16-15-32(19-33)14-4-7-20-5-2-1-3-6-20/h1-3,5-6,8-13,15-17,26-27H,4,7,14,18-19H2. The van der Waals surface area contributed by atoms with Gasteiger partial charge in [-0.1, -0.05) is 94.9 Å². The van der Waals surface area contributed by atoms with Crippen LogP contribution < -0.4 is 0 Å². The summed E-state index contributed by atoms with van der Waals surface area (Å²) >= 11 is 25.5. The highest BCUT2D eigenvalue weighted by atomic mass is 35.5. The molecule has 0 amide bonds. The number of halogens is 4. The van der Waals surface area contributed by atoms with E-state index in [9.17, 15) is 0 Å². The lowest BCUT2D eigenvalue weighted by atomic mass is 10.1. The average Bonchev–Trinajstić information content (AvgIpc) is 3.31. The molecule has 0 saturated carbocycles. The molecule has 1 heterocycles. The number of alkyl halides is 1. The molecule has 3 aromatic carbocycles. The summed E-state index contributed by atoms with van der Waals surface area (Å²) in [6.07, 6.45) is 5.85. The van der Waals surface area contributed by atoms with Gasteiger partial charge in [0, 0.05) is 34.0 Å². The van der Waals surface area contributed by atoms with E-state index in [1.165, 1.54) is 5.56 Å². The van der Waals surface area contributed by atoms with Crippen LogP contribution in [0.3, 0.4) is 0 Å². The Bertz CT molecular complexity index is 1090. The maximum Gasteiger partial charge on any atom is 0.135 e. The molecule has 0 aliphatic carbocycles. The lowest BCUT2D eigenvalue weighted by molar-refractivity contribution is 0.00682. The Morgan fingerprint density at radius 2 is 1.59 bits per heavy atom. The van der Waals surface area contributed by atoms with Crippen LogP contribution in [0.2, 0.25) is 15.1 Å². The number of hydrogen-bond donors (Lipinski definition) is 0. The van der Waals surface area contributed by atoms with E-state index in [0.717, 1.165) is 30.5 Å². The summed E-state index contributed by atoms with van der Waals surface area (Å²) in [5, 5.41) is 1.83. The maximum atomic E-state index is 6.99. The Balaban J connectivity index is 1.39. The first-order valence-electron chi connectivity index (χ1n) is 11.2. The van der Waals surface area contributed by atoms with E-state index in [-0.39, 0.29) is 6.10 Å². The Kier molecular flexibility index (Phi) is 9.04. The third-order valence-corrected chi connectivity index (χ3v) is 7.08. The SMILES string of the molecule is Clc1ccc(C(OCc2ccc(Cl)cc2Cl)C(Cl)N2C=CN(CCCc3ccccc3)C2)cc1. The van der Waals surface area contributed by atoms with Gasteiger partial charge in [0.1, 0.15) is 11.6 Å². The van der Waals surface area contributed by atoms with Crippen molar-refractivity contribution >= 4 is 46.4 Å². The second-order valence-corrected chi connectivity index (χ2v) is 9.97. The fourth-order valence-corrected chi connectivity index (χ4v) is 4.83. The molecule has 4 rings (SSSR count). The first-order chi connectivity index (χ1) is 16.5. The van der Waals surface area contributed by atoms with Gasteiger partial charge in [0.25, 0.3) is 0 Å². The molecule has 178 valence electrons. The van der Waals surface area contributed by atoms with Crippen LogP contribution in [0.5, 0.6) is 0 Å². The van der Waals surface area contributed by atoms with E-state index in [0.29, 0.717) is 28.3 Å². The highest BCUT2D eigenvalue weighted by Crippen LogP contribution is 2.33. The van der Waals surface area contributed by atoms with Crippen molar-refractivity contribution in [3.63, 3.8) is 0 Å². The predicted octanol–water partition coefficient (Wildman–Crippen LogP) is 8.15. The van der Waals surface area contributed by atoms with Gasteiger partial charge in [-0.15, -0.1) is 0 Å². The first kappa shape index (κ1) is 25.2. The molecule has 1 aliphatic heterocycles.